The van der Waals surface area contributed by atoms with Crippen LogP contribution in [0.2, 0.25) is 0 Å². The molecule has 0 spiro atoms. The highest BCUT2D eigenvalue weighted by Gasteiger charge is 2.14. The lowest BCUT2D eigenvalue weighted by Gasteiger charge is -2.10. The van der Waals surface area contributed by atoms with Crippen molar-refractivity contribution in [1.29, 1.82) is 0 Å². The zero-order valence-electron chi connectivity index (χ0n) is 14.9. The Morgan fingerprint density at radius 1 is 1.15 bits per heavy atom. The summed E-state index contributed by atoms with van der Waals surface area (Å²) >= 11 is 0. The molecule has 0 saturated carbocycles. The van der Waals surface area contributed by atoms with Gasteiger partial charge >= 0.3 is 0 Å². The molecule has 0 fully saturated rings. The van der Waals surface area contributed by atoms with Crippen LogP contribution in [-0.2, 0) is 13.6 Å². The van der Waals surface area contributed by atoms with Crippen LogP contribution in [0.4, 0.5) is 0 Å². The second-order valence-electron chi connectivity index (χ2n) is 5.61. The van der Waals surface area contributed by atoms with Crippen LogP contribution in [0.5, 0.6) is 11.5 Å². The molecule has 134 valence electrons. The Hall–Kier alpha value is -3.35. The molecule has 0 aliphatic rings. The molecule has 1 amide bonds. The maximum atomic E-state index is 12.5. The molecule has 0 atom stereocenters. The van der Waals surface area contributed by atoms with Gasteiger partial charge in [0.05, 0.1) is 43.4 Å². The lowest BCUT2D eigenvalue weighted by atomic mass is 10.1. The Kier molecular flexibility index (Phi) is 5.17. The number of amides is 1. The quantitative estimate of drug-likeness (QED) is 0.737. The molecular formula is C19H20N4O3. The first-order chi connectivity index (χ1) is 12.6. The maximum Gasteiger partial charge on any atom is 0.255 e. The summed E-state index contributed by atoms with van der Waals surface area (Å²) < 4.78 is 12.2. The fourth-order valence-electron chi connectivity index (χ4n) is 2.62. The highest BCUT2D eigenvalue weighted by molar-refractivity contribution is 5.97. The van der Waals surface area contributed by atoms with Crippen molar-refractivity contribution in [2.75, 3.05) is 14.2 Å². The van der Waals surface area contributed by atoms with Gasteiger partial charge in [-0.2, -0.15) is 5.10 Å². The van der Waals surface area contributed by atoms with Crippen LogP contribution in [0, 0.1) is 0 Å². The summed E-state index contributed by atoms with van der Waals surface area (Å²) in [6.07, 6.45) is 1.74. The first-order valence-corrected chi connectivity index (χ1v) is 8.07. The zero-order chi connectivity index (χ0) is 18.5. The molecule has 1 aromatic carbocycles. The van der Waals surface area contributed by atoms with Crippen LogP contribution in [-0.4, -0.2) is 34.9 Å². The molecule has 26 heavy (non-hydrogen) atoms. The van der Waals surface area contributed by atoms with Gasteiger partial charge in [-0.1, -0.05) is 6.07 Å². The molecule has 0 bridgehead atoms. The number of aromatic nitrogens is 3. The molecule has 3 rings (SSSR count). The smallest absolute Gasteiger partial charge is 0.255 e. The summed E-state index contributed by atoms with van der Waals surface area (Å²) in [6, 6.07) is 12.7. The fraction of sp³-hybridized carbons (Fsp3) is 0.211. The van der Waals surface area contributed by atoms with Crippen molar-refractivity contribution in [1.82, 2.24) is 20.1 Å². The van der Waals surface area contributed by atoms with Gasteiger partial charge in [-0.3, -0.25) is 14.5 Å². The molecule has 0 aliphatic carbocycles. The third-order valence-electron chi connectivity index (χ3n) is 3.94. The standard InChI is InChI=1S/C19H20N4O3/c1-23-17(16-6-4-5-9-20-16)10-13(22-23)12-21-19(24)15-8-7-14(25-2)11-18(15)26-3/h4-11H,12H2,1-3H3,(H,21,24). The van der Waals surface area contributed by atoms with E-state index in [0.29, 0.717) is 23.6 Å². The molecular weight excluding hydrogens is 332 g/mol. The van der Waals surface area contributed by atoms with Gasteiger partial charge in [0.2, 0.25) is 0 Å². The number of nitrogens with zero attached hydrogens (tertiary/aromatic N) is 3. The summed E-state index contributed by atoms with van der Waals surface area (Å²) in [4.78, 5) is 16.8. The van der Waals surface area contributed by atoms with Gasteiger partial charge in [0.25, 0.3) is 5.91 Å². The number of hydrogen-bond acceptors (Lipinski definition) is 5. The number of aryl methyl sites for hydroxylation is 1. The Labute approximate surface area is 151 Å². The second-order valence-corrected chi connectivity index (χ2v) is 5.61. The predicted molar refractivity (Wildman–Crippen MR) is 97.2 cm³/mol. The van der Waals surface area contributed by atoms with Gasteiger partial charge < -0.3 is 14.8 Å². The third kappa shape index (κ3) is 3.66. The molecule has 0 saturated heterocycles. The predicted octanol–water partition coefficient (Wildman–Crippen LogP) is 2.43. The number of benzene rings is 1. The van der Waals surface area contributed by atoms with E-state index in [9.17, 15) is 4.79 Å². The number of carbonyl (C=O) groups is 1. The van der Waals surface area contributed by atoms with E-state index in [4.69, 9.17) is 9.47 Å². The number of nitrogens with one attached hydrogen (secondary N) is 1. The molecule has 0 unspecified atom stereocenters. The van der Waals surface area contributed by atoms with Crippen LogP contribution in [0.25, 0.3) is 11.4 Å². The van der Waals surface area contributed by atoms with Crippen molar-refractivity contribution in [2.45, 2.75) is 6.54 Å². The largest absolute Gasteiger partial charge is 0.497 e. The summed E-state index contributed by atoms with van der Waals surface area (Å²) in [5, 5.41) is 7.30. The molecule has 7 nitrogen and oxygen atoms in total. The highest BCUT2D eigenvalue weighted by Crippen LogP contribution is 2.24. The number of hydrogen-bond donors (Lipinski definition) is 1. The van der Waals surface area contributed by atoms with Crippen LogP contribution >= 0.6 is 0 Å². The first-order valence-electron chi connectivity index (χ1n) is 8.07. The molecule has 2 aromatic heterocycles. The van der Waals surface area contributed by atoms with E-state index in [1.807, 2.05) is 31.3 Å². The average Bonchev–Trinajstić information content (AvgIpc) is 3.06. The minimum absolute atomic E-state index is 0.241. The van der Waals surface area contributed by atoms with Gasteiger partial charge in [-0.25, -0.2) is 0 Å². The number of rotatable bonds is 6. The highest BCUT2D eigenvalue weighted by atomic mass is 16.5. The van der Waals surface area contributed by atoms with Crippen molar-refractivity contribution >= 4 is 5.91 Å². The molecule has 7 heteroatoms. The lowest BCUT2D eigenvalue weighted by molar-refractivity contribution is 0.0947. The number of methoxy groups -OCH3 is 2. The van der Waals surface area contributed by atoms with Crippen molar-refractivity contribution in [2.24, 2.45) is 7.05 Å². The topological polar surface area (TPSA) is 78.3 Å². The van der Waals surface area contributed by atoms with Gasteiger partial charge in [0, 0.05) is 19.3 Å². The van der Waals surface area contributed by atoms with Crippen LogP contribution in [0.15, 0.2) is 48.7 Å². The zero-order valence-corrected chi connectivity index (χ0v) is 14.9. The minimum atomic E-state index is -0.241. The summed E-state index contributed by atoms with van der Waals surface area (Å²) in [7, 11) is 4.93. The van der Waals surface area contributed by atoms with Crippen LogP contribution < -0.4 is 14.8 Å². The van der Waals surface area contributed by atoms with Crippen molar-refractivity contribution < 1.29 is 14.3 Å². The van der Waals surface area contributed by atoms with E-state index >= 15 is 0 Å². The number of ether oxygens (including phenoxy) is 2. The van der Waals surface area contributed by atoms with Gasteiger partial charge in [-0.15, -0.1) is 0 Å². The summed E-state index contributed by atoms with van der Waals surface area (Å²) in [5.74, 6) is 0.842. The second kappa shape index (κ2) is 7.69. The Balaban J connectivity index is 1.73. The van der Waals surface area contributed by atoms with E-state index in [0.717, 1.165) is 17.1 Å². The van der Waals surface area contributed by atoms with Crippen molar-refractivity contribution in [3.8, 4) is 22.9 Å². The van der Waals surface area contributed by atoms with Crippen LogP contribution in [0.1, 0.15) is 16.1 Å². The molecule has 1 N–H and O–H groups in total. The summed E-state index contributed by atoms with van der Waals surface area (Å²) in [5.41, 5.74) is 2.90. The van der Waals surface area contributed by atoms with E-state index < -0.39 is 0 Å². The molecule has 3 aromatic rings. The molecule has 2 heterocycles. The fourth-order valence-corrected chi connectivity index (χ4v) is 2.62. The first kappa shape index (κ1) is 17.5. The van der Waals surface area contributed by atoms with Gasteiger partial charge in [0.1, 0.15) is 11.5 Å². The van der Waals surface area contributed by atoms with Gasteiger partial charge in [0.15, 0.2) is 0 Å². The van der Waals surface area contributed by atoms with Crippen molar-refractivity contribution in [3.05, 3.63) is 59.9 Å². The minimum Gasteiger partial charge on any atom is -0.497 e. The average molecular weight is 352 g/mol. The maximum absolute atomic E-state index is 12.5. The van der Waals surface area contributed by atoms with Gasteiger partial charge in [-0.05, 0) is 30.3 Å². The lowest BCUT2D eigenvalue weighted by Crippen LogP contribution is -2.23. The normalized spacial score (nSPS) is 10.4. The SMILES string of the molecule is COc1ccc(C(=O)NCc2cc(-c3ccccn3)n(C)n2)c(OC)c1. The molecule has 0 radical (unpaired) electrons. The number of carbonyl (C=O) groups excluding carboxylic acids is 1. The van der Waals surface area contributed by atoms with Crippen molar-refractivity contribution in [3.63, 3.8) is 0 Å². The van der Waals surface area contributed by atoms with E-state index in [1.54, 1.807) is 36.2 Å². The summed E-state index contributed by atoms with van der Waals surface area (Å²) in [6.45, 7) is 0.300. The monoisotopic (exact) mass is 352 g/mol. The Morgan fingerprint density at radius 2 is 2.00 bits per heavy atom. The Morgan fingerprint density at radius 3 is 2.69 bits per heavy atom. The van der Waals surface area contributed by atoms with E-state index in [-0.39, 0.29) is 5.91 Å². The van der Waals surface area contributed by atoms with E-state index in [1.165, 1.54) is 7.11 Å². The Bertz CT molecular complexity index is 906. The van der Waals surface area contributed by atoms with E-state index in [2.05, 4.69) is 15.4 Å². The number of pyridine rings is 1. The van der Waals surface area contributed by atoms with Crippen LogP contribution in [0.3, 0.4) is 0 Å². The third-order valence-corrected chi connectivity index (χ3v) is 3.94. The molecule has 0 aliphatic heterocycles.